The molecule has 0 bridgehead atoms. The van der Waals surface area contributed by atoms with Gasteiger partial charge in [-0.05, 0) is 57.7 Å². The number of aromatic nitrogens is 1. The fraction of sp³-hybridized carbons (Fsp3) is 0.533. The molecule has 0 aromatic carbocycles. The Kier molecular flexibility index (Phi) is 5.27. The summed E-state index contributed by atoms with van der Waals surface area (Å²) in [6.07, 6.45) is 2.96. The Morgan fingerprint density at radius 1 is 1.45 bits per heavy atom. The Balaban J connectivity index is 1.67. The van der Waals surface area contributed by atoms with E-state index >= 15 is 0 Å². The van der Waals surface area contributed by atoms with Crippen LogP contribution < -0.4 is 10.0 Å². The van der Waals surface area contributed by atoms with Crippen LogP contribution in [0.25, 0.3) is 0 Å². The first-order valence-corrected chi connectivity index (χ1v) is 7.95. The molecule has 1 fully saturated rings. The van der Waals surface area contributed by atoms with E-state index in [4.69, 9.17) is 10.00 Å². The highest BCUT2D eigenvalue weighted by Gasteiger charge is 2.31. The molecule has 0 aliphatic heterocycles. The maximum atomic E-state index is 11.6. The van der Waals surface area contributed by atoms with E-state index in [-0.39, 0.29) is 12.1 Å². The molecule has 7 heteroatoms. The minimum atomic E-state index is -0.473. The Hall–Kier alpha value is -1.78. The molecule has 1 aliphatic rings. The van der Waals surface area contributed by atoms with Gasteiger partial charge in [0.05, 0.1) is 11.6 Å². The van der Waals surface area contributed by atoms with Gasteiger partial charge < -0.3 is 10.1 Å². The van der Waals surface area contributed by atoms with Crippen LogP contribution in [0.15, 0.2) is 23.4 Å². The minimum absolute atomic E-state index is 0.145. The van der Waals surface area contributed by atoms with Crippen LogP contribution in [0.3, 0.4) is 0 Å². The van der Waals surface area contributed by atoms with Crippen LogP contribution >= 0.6 is 11.9 Å². The summed E-state index contributed by atoms with van der Waals surface area (Å²) in [6, 6.07) is 5.97. The molecule has 1 saturated carbocycles. The van der Waals surface area contributed by atoms with E-state index in [0.29, 0.717) is 11.6 Å². The highest BCUT2D eigenvalue weighted by Crippen LogP contribution is 2.24. The maximum absolute atomic E-state index is 11.6. The van der Waals surface area contributed by atoms with E-state index < -0.39 is 5.60 Å². The predicted octanol–water partition coefficient (Wildman–Crippen LogP) is 2.61. The average molecular weight is 320 g/mol. The standard InChI is InChI=1S/C15H20N4O2S/c1-15(2,3)21-14(20)18-11-7-12(8-11)19-22-13-6-10(9-16)4-5-17-13/h4-6,11-12,19H,7-8H2,1-3H3,(H,18,20). The third-order valence-electron chi connectivity index (χ3n) is 3.05. The zero-order chi connectivity index (χ0) is 16.2. The molecule has 0 spiro atoms. The van der Waals surface area contributed by atoms with Gasteiger partial charge in [-0.2, -0.15) is 5.26 Å². The lowest BCUT2D eigenvalue weighted by atomic mass is 9.88. The predicted molar refractivity (Wildman–Crippen MR) is 84.1 cm³/mol. The van der Waals surface area contributed by atoms with Crippen LogP contribution in [0.4, 0.5) is 4.79 Å². The Morgan fingerprint density at radius 3 is 2.82 bits per heavy atom. The molecule has 1 heterocycles. The largest absolute Gasteiger partial charge is 0.444 e. The van der Waals surface area contributed by atoms with E-state index in [1.807, 2.05) is 20.8 Å². The maximum Gasteiger partial charge on any atom is 0.407 e. The van der Waals surface area contributed by atoms with Gasteiger partial charge in [0.25, 0.3) is 0 Å². The van der Waals surface area contributed by atoms with Gasteiger partial charge in [0, 0.05) is 18.3 Å². The second-order valence-electron chi connectivity index (χ2n) is 6.23. The number of alkyl carbamates (subject to hydrolysis) is 1. The number of carbonyl (C=O) groups excluding carboxylic acids is 1. The highest BCUT2D eigenvalue weighted by atomic mass is 32.2. The number of pyridine rings is 1. The number of carbonyl (C=O) groups is 1. The van der Waals surface area contributed by atoms with Gasteiger partial charge in [-0.15, -0.1) is 0 Å². The number of nitriles is 1. The van der Waals surface area contributed by atoms with Gasteiger partial charge in [-0.3, -0.25) is 4.72 Å². The molecule has 2 rings (SSSR count). The fourth-order valence-corrected chi connectivity index (χ4v) is 2.76. The number of hydrogen-bond donors (Lipinski definition) is 2. The van der Waals surface area contributed by atoms with E-state index in [9.17, 15) is 4.79 Å². The Bertz CT molecular complexity index is 574. The monoisotopic (exact) mass is 320 g/mol. The number of ether oxygens (including phenoxy) is 1. The van der Waals surface area contributed by atoms with Gasteiger partial charge >= 0.3 is 6.09 Å². The first-order chi connectivity index (χ1) is 10.4. The van der Waals surface area contributed by atoms with Crippen LogP contribution in [0, 0.1) is 11.3 Å². The zero-order valence-corrected chi connectivity index (χ0v) is 13.7. The molecule has 1 aromatic heterocycles. The summed E-state index contributed by atoms with van der Waals surface area (Å²) in [5.41, 5.74) is 0.121. The van der Waals surface area contributed by atoms with Crippen LogP contribution in [0.1, 0.15) is 39.2 Å². The van der Waals surface area contributed by atoms with Crippen molar-refractivity contribution in [1.29, 1.82) is 5.26 Å². The first kappa shape index (κ1) is 16.6. The van der Waals surface area contributed by atoms with Crippen molar-refractivity contribution < 1.29 is 9.53 Å². The van der Waals surface area contributed by atoms with Gasteiger partial charge in [-0.25, -0.2) is 9.78 Å². The number of hydrogen-bond acceptors (Lipinski definition) is 6. The average Bonchev–Trinajstić information content (AvgIpc) is 2.39. The summed E-state index contributed by atoms with van der Waals surface area (Å²) in [7, 11) is 0. The molecule has 118 valence electrons. The third-order valence-corrected chi connectivity index (χ3v) is 3.94. The Labute approximate surface area is 134 Å². The summed E-state index contributed by atoms with van der Waals surface area (Å²) >= 11 is 1.41. The van der Waals surface area contributed by atoms with Crippen LogP contribution in [-0.2, 0) is 4.74 Å². The summed E-state index contributed by atoms with van der Waals surface area (Å²) in [6.45, 7) is 5.53. The van der Waals surface area contributed by atoms with E-state index in [1.165, 1.54) is 11.9 Å². The highest BCUT2D eigenvalue weighted by molar-refractivity contribution is 7.97. The number of nitrogens with zero attached hydrogens (tertiary/aromatic N) is 2. The van der Waals surface area contributed by atoms with Gasteiger partial charge in [0.1, 0.15) is 10.6 Å². The van der Waals surface area contributed by atoms with Crippen molar-refractivity contribution in [2.45, 2.75) is 56.3 Å². The van der Waals surface area contributed by atoms with Crippen LogP contribution in [0.2, 0.25) is 0 Å². The van der Waals surface area contributed by atoms with Crippen LogP contribution in [0.5, 0.6) is 0 Å². The second-order valence-corrected chi connectivity index (χ2v) is 7.08. The normalized spacial score (nSPS) is 20.6. The molecular formula is C15H20N4O2S. The molecule has 6 nitrogen and oxygen atoms in total. The van der Waals surface area contributed by atoms with E-state index in [2.05, 4.69) is 21.1 Å². The number of amides is 1. The van der Waals surface area contributed by atoms with E-state index in [1.54, 1.807) is 18.3 Å². The van der Waals surface area contributed by atoms with Crippen molar-refractivity contribution in [2.75, 3.05) is 0 Å². The Morgan fingerprint density at radius 2 is 2.18 bits per heavy atom. The summed E-state index contributed by atoms with van der Waals surface area (Å²) in [4.78, 5) is 15.8. The van der Waals surface area contributed by atoms with Crippen LogP contribution in [-0.4, -0.2) is 28.8 Å². The van der Waals surface area contributed by atoms with E-state index in [0.717, 1.165) is 17.9 Å². The van der Waals surface area contributed by atoms with Gasteiger partial charge in [0.15, 0.2) is 0 Å². The molecular weight excluding hydrogens is 300 g/mol. The number of rotatable bonds is 4. The summed E-state index contributed by atoms with van der Waals surface area (Å²) in [5.74, 6) is 0. The SMILES string of the molecule is CC(C)(C)OC(=O)NC1CC(NSc2cc(C#N)ccn2)C1. The van der Waals surface area contributed by atoms with Crippen molar-refractivity contribution in [3.8, 4) is 6.07 Å². The summed E-state index contributed by atoms with van der Waals surface area (Å²) in [5, 5.41) is 12.5. The third kappa shape index (κ3) is 5.20. The lowest BCUT2D eigenvalue weighted by Crippen LogP contribution is -2.51. The lowest BCUT2D eigenvalue weighted by Gasteiger charge is -2.36. The molecule has 2 N–H and O–H groups in total. The molecule has 0 unspecified atom stereocenters. The van der Waals surface area contributed by atoms with Crippen molar-refractivity contribution in [3.05, 3.63) is 23.9 Å². The quantitative estimate of drug-likeness (QED) is 0.829. The van der Waals surface area contributed by atoms with Gasteiger partial charge in [-0.1, -0.05) is 0 Å². The van der Waals surface area contributed by atoms with Crippen molar-refractivity contribution >= 4 is 18.0 Å². The first-order valence-electron chi connectivity index (χ1n) is 7.14. The minimum Gasteiger partial charge on any atom is -0.444 e. The molecule has 0 radical (unpaired) electrons. The van der Waals surface area contributed by atoms with Crippen molar-refractivity contribution in [3.63, 3.8) is 0 Å². The number of nitrogens with one attached hydrogen (secondary N) is 2. The molecule has 1 amide bonds. The molecule has 1 aliphatic carbocycles. The van der Waals surface area contributed by atoms with Crippen molar-refractivity contribution in [2.24, 2.45) is 0 Å². The molecule has 1 aromatic rings. The molecule has 0 saturated heterocycles. The summed E-state index contributed by atoms with van der Waals surface area (Å²) < 4.78 is 8.51. The zero-order valence-electron chi connectivity index (χ0n) is 12.9. The molecule has 0 atom stereocenters. The van der Waals surface area contributed by atoms with Crippen molar-refractivity contribution in [1.82, 2.24) is 15.0 Å². The molecule has 22 heavy (non-hydrogen) atoms. The topological polar surface area (TPSA) is 87.0 Å². The lowest BCUT2D eigenvalue weighted by molar-refractivity contribution is 0.0470. The fourth-order valence-electron chi connectivity index (χ4n) is 1.98. The van der Waals surface area contributed by atoms with Gasteiger partial charge in [0.2, 0.25) is 0 Å². The smallest absolute Gasteiger partial charge is 0.407 e. The second kappa shape index (κ2) is 6.99.